The van der Waals surface area contributed by atoms with Crippen molar-refractivity contribution >= 4 is 22.7 Å². The molecule has 1 aliphatic rings. The SMILES string of the molecule is CCn1cc(Nc2nc(O[C@@H]3CNC[C@H]3F)c3cc[nH]c3n2)cn1. The van der Waals surface area contributed by atoms with Gasteiger partial charge in [-0.3, -0.25) is 4.68 Å². The molecule has 8 nitrogen and oxygen atoms in total. The molecule has 0 spiro atoms. The molecule has 1 fully saturated rings. The summed E-state index contributed by atoms with van der Waals surface area (Å²) in [6.45, 7) is 3.54. The second kappa shape index (κ2) is 6.08. The molecule has 4 heterocycles. The molecular formula is C15H18FN7O. The van der Waals surface area contributed by atoms with Gasteiger partial charge in [0.15, 0.2) is 6.17 Å². The minimum absolute atomic E-state index is 0.299. The van der Waals surface area contributed by atoms with E-state index in [0.717, 1.165) is 17.6 Å². The highest BCUT2D eigenvalue weighted by Crippen LogP contribution is 2.26. The van der Waals surface area contributed by atoms with Gasteiger partial charge in [-0.05, 0) is 13.0 Å². The predicted molar refractivity (Wildman–Crippen MR) is 87.3 cm³/mol. The second-order valence-electron chi connectivity index (χ2n) is 5.63. The average Bonchev–Trinajstić information content (AvgIpc) is 3.29. The first-order chi connectivity index (χ1) is 11.7. The van der Waals surface area contributed by atoms with Crippen LogP contribution in [0.4, 0.5) is 16.0 Å². The Morgan fingerprint density at radius 1 is 1.42 bits per heavy atom. The normalized spacial score (nSPS) is 20.6. The van der Waals surface area contributed by atoms with E-state index in [1.807, 2.05) is 19.2 Å². The molecule has 0 aromatic carbocycles. The van der Waals surface area contributed by atoms with Crippen molar-refractivity contribution in [3.05, 3.63) is 24.7 Å². The maximum atomic E-state index is 13.8. The van der Waals surface area contributed by atoms with Crippen molar-refractivity contribution < 1.29 is 9.13 Å². The van der Waals surface area contributed by atoms with E-state index in [4.69, 9.17) is 4.74 Å². The van der Waals surface area contributed by atoms with Gasteiger partial charge in [0.1, 0.15) is 11.8 Å². The summed E-state index contributed by atoms with van der Waals surface area (Å²) in [6.07, 6.45) is 3.72. The van der Waals surface area contributed by atoms with Gasteiger partial charge in [0.05, 0.1) is 17.3 Å². The van der Waals surface area contributed by atoms with Crippen LogP contribution in [-0.2, 0) is 6.54 Å². The van der Waals surface area contributed by atoms with Crippen LogP contribution in [0, 0.1) is 0 Å². The van der Waals surface area contributed by atoms with Crippen LogP contribution in [-0.4, -0.2) is 50.1 Å². The number of aromatic amines is 1. The lowest BCUT2D eigenvalue weighted by molar-refractivity contribution is 0.136. The molecule has 0 saturated carbocycles. The van der Waals surface area contributed by atoms with Gasteiger partial charge >= 0.3 is 0 Å². The van der Waals surface area contributed by atoms with Crippen LogP contribution in [0.3, 0.4) is 0 Å². The molecular weight excluding hydrogens is 313 g/mol. The molecule has 126 valence electrons. The number of aryl methyl sites for hydroxylation is 1. The third kappa shape index (κ3) is 2.78. The molecule has 2 atom stereocenters. The van der Waals surface area contributed by atoms with Crippen molar-refractivity contribution in [3.63, 3.8) is 0 Å². The Labute approximate surface area is 137 Å². The fourth-order valence-corrected chi connectivity index (χ4v) is 2.67. The Kier molecular flexibility index (Phi) is 3.77. The molecule has 0 bridgehead atoms. The molecule has 4 rings (SSSR count). The summed E-state index contributed by atoms with van der Waals surface area (Å²) in [5.74, 6) is 0.736. The van der Waals surface area contributed by atoms with Crippen molar-refractivity contribution in [1.82, 2.24) is 30.0 Å². The molecule has 0 aliphatic carbocycles. The molecule has 9 heteroatoms. The van der Waals surface area contributed by atoms with Gasteiger partial charge in [0, 0.05) is 32.0 Å². The quantitative estimate of drug-likeness (QED) is 0.658. The summed E-state index contributed by atoms with van der Waals surface area (Å²) in [5, 5.41) is 11.0. The largest absolute Gasteiger partial charge is 0.469 e. The number of nitrogens with one attached hydrogen (secondary N) is 3. The first kappa shape index (κ1) is 14.9. The maximum Gasteiger partial charge on any atom is 0.232 e. The van der Waals surface area contributed by atoms with E-state index in [1.54, 1.807) is 17.1 Å². The lowest BCUT2D eigenvalue weighted by Crippen LogP contribution is -2.27. The third-order valence-electron chi connectivity index (χ3n) is 3.95. The van der Waals surface area contributed by atoms with Gasteiger partial charge in [-0.1, -0.05) is 0 Å². The first-order valence-electron chi connectivity index (χ1n) is 7.89. The maximum absolute atomic E-state index is 13.8. The Balaban J connectivity index is 1.63. The first-order valence-corrected chi connectivity index (χ1v) is 7.89. The van der Waals surface area contributed by atoms with Gasteiger partial charge < -0.3 is 20.4 Å². The van der Waals surface area contributed by atoms with Crippen LogP contribution >= 0.6 is 0 Å². The summed E-state index contributed by atoms with van der Waals surface area (Å²) in [4.78, 5) is 11.9. The van der Waals surface area contributed by atoms with Gasteiger partial charge in [0.2, 0.25) is 11.8 Å². The van der Waals surface area contributed by atoms with E-state index >= 15 is 0 Å². The zero-order valence-electron chi connectivity index (χ0n) is 13.2. The molecule has 1 aliphatic heterocycles. The number of hydrogen-bond acceptors (Lipinski definition) is 6. The zero-order chi connectivity index (χ0) is 16.5. The molecule has 0 unspecified atom stereocenters. The van der Waals surface area contributed by atoms with E-state index in [2.05, 4.69) is 30.7 Å². The Bertz CT molecular complexity index is 845. The Morgan fingerprint density at radius 3 is 3.08 bits per heavy atom. The molecule has 3 aromatic heterocycles. The summed E-state index contributed by atoms with van der Waals surface area (Å²) in [7, 11) is 0. The standard InChI is InChI=1S/C15H18FN7O/c1-2-23-8-9(5-19-23)20-15-21-13-10(3-4-18-13)14(22-15)24-12-7-17-6-11(12)16/h3-5,8,11-12,17H,2,6-7H2,1H3,(H2,18,20,21,22)/t11-,12-/m1/s1. The number of H-pyrrole nitrogens is 1. The van der Waals surface area contributed by atoms with Crippen LogP contribution in [0.2, 0.25) is 0 Å². The van der Waals surface area contributed by atoms with Crippen molar-refractivity contribution in [1.29, 1.82) is 0 Å². The van der Waals surface area contributed by atoms with E-state index in [0.29, 0.717) is 30.6 Å². The van der Waals surface area contributed by atoms with E-state index < -0.39 is 12.3 Å². The minimum atomic E-state index is -1.05. The van der Waals surface area contributed by atoms with Gasteiger partial charge in [-0.25, -0.2) is 4.39 Å². The second-order valence-corrected chi connectivity index (χ2v) is 5.63. The highest BCUT2D eigenvalue weighted by atomic mass is 19.1. The number of hydrogen-bond donors (Lipinski definition) is 3. The number of halogens is 1. The van der Waals surface area contributed by atoms with Crippen LogP contribution in [0.25, 0.3) is 11.0 Å². The Hall–Kier alpha value is -2.68. The van der Waals surface area contributed by atoms with Crippen molar-refractivity contribution in [2.24, 2.45) is 0 Å². The highest BCUT2D eigenvalue weighted by molar-refractivity contribution is 5.82. The molecule has 1 saturated heterocycles. The fraction of sp³-hybridized carbons (Fsp3) is 0.400. The van der Waals surface area contributed by atoms with Crippen LogP contribution in [0.15, 0.2) is 24.7 Å². The Morgan fingerprint density at radius 2 is 2.33 bits per heavy atom. The monoisotopic (exact) mass is 331 g/mol. The molecule has 0 amide bonds. The van der Waals surface area contributed by atoms with E-state index in [1.165, 1.54) is 0 Å². The summed E-state index contributed by atoms with van der Waals surface area (Å²) in [6, 6.07) is 1.82. The topological polar surface area (TPSA) is 92.7 Å². The van der Waals surface area contributed by atoms with Crippen molar-refractivity contribution in [2.45, 2.75) is 25.7 Å². The highest BCUT2D eigenvalue weighted by Gasteiger charge is 2.29. The van der Waals surface area contributed by atoms with Crippen molar-refractivity contribution in [2.75, 3.05) is 18.4 Å². The van der Waals surface area contributed by atoms with Crippen LogP contribution < -0.4 is 15.4 Å². The third-order valence-corrected chi connectivity index (χ3v) is 3.95. The number of anilines is 2. The average molecular weight is 331 g/mol. The lowest BCUT2D eigenvalue weighted by Gasteiger charge is -2.15. The number of rotatable bonds is 5. The number of alkyl halides is 1. The summed E-state index contributed by atoms with van der Waals surface area (Å²) < 4.78 is 21.4. The minimum Gasteiger partial charge on any atom is -0.469 e. The van der Waals surface area contributed by atoms with Gasteiger partial charge in [-0.15, -0.1) is 0 Å². The number of ether oxygens (including phenoxy) is 1. The summed E-state index contributed by atoms with van der Waals surface area (Å²) in [5.41, 5.74) is 1.41. The smallest absolute Gasteiger partial charge is 0.232 e. The van der Waals surface area contributed by atoms with E-state index in [-0.39, 0.29) is 0 Å². The molecule has 24 heavy (non-hydrogen) atoms. The number of aromatic nitrogens is 5. The zero-order valence-corrected chi connectivity index (χ0v) is 13.2. The predicted octanol–water partition coefficient (Wildman–Crippen LogP) is 1.61. The number of fused-ring (bicyclic) bond motifs is 1. The van der Waals surface area contributed by atoms with Gasteiger partial charge in [-0.2, -0.15) is 15.1 Å². The van der Waals surface area contributed by atoms with Crippen LogP contribution in [0.1, 0.15) is 6.92 Å². The molecule has 0 radical (unpaired) electrons. The van der Waals surface area contributed by atoms with Gasteiger partial charge in [0.25, 0.3) is 0 Å². The van der Waals surface area contributed by atoms with Crippen molar-refractivity contribution in [3.8, 4) is 5.88 Å². The molecule has 3 aromatic rings. The van der Waals surface area contributed by atoms with E-state index in [9.17, 15) is 4.39 Å². The number of nitrogens with zero attached hydrogens (tertiary/aromatic N) is 4. The molecule has 3 N–H and O–H groups in total. The fourth-order valence-electron chi connectivity index (χ4n) is 2.67. The van der Waals surface area contributed by atoms with Crippen LogP contribution in [0.5, 0.6) is 5.88 Å². The summed E-state index contributed by atoms with van der Waals surface area (Å²) >= 11 is 0. The lowest BCUT2D eigenvalue weighted by atomic mass is 10.3.